The average molecular weight is 191 g/mol. The van der Waals surface area contributed by atoms with E-state index in [-0.39, 0.29) is 12.6 Å². The highest BCUT2D eigenvalue weighted by Gasteiger charge is 2.26. The Hall–Kier alpha value is -0.860. The number of hydrogen-bond donors (Lipinski definition) is 2. The maximum absolute atomic E-state index is 9.19. The van der Waals surface area contributed by atoms with Crippen LogP contribution >= 0.6 is 0 Å². The molecule has 0 spiro atoms. The van der Waals surface area contributed by atoms with Crippen LogP contribution in [0.1, 0.15) is 23.5 Å². The van der Waals surface area contributed by atoms with E-state index >= 15 is 0 Å². The predicted octanol–water partition coefficient (Wildman–Crippen LogP) is 1.43. The zero-order valence-electron chi connectivity index (χ0n) is 8.53. The predicted molar refractivity (Wildman–Crippen MR) is 57.4 cm³/mol. The highest BCUT2D eigenvalue weighted by Crippen LogP contribution is 2.27. The quantitative estimate of drug-likeness (QED) is 0.741. The lowest BCUT2D eigenvalue weighted by atomic mass is 9.92. The van der Waals surface area contributed by atoms with Gasteiger partial charge in [0.05, 0.1) is 6.61 Å². The number of nitrogens with one attached hydrogen (secondary N) is 1. The van der Waals surface area contributed by atoms with Crippen molar-refractivity contribution in [1.82, 2.24) is 5.32 Å². The van der Waals surface area contributed by atoms with Gasteiger partial charge < -0.3 is 10.4 Å². The van der Waals surface area contributed by atoms with Crippen molar-refractivity contribution in [3.8, 4) is 0 Å². The highest BCUT2D eigenvalue weighted by molar-refractivity contribution is 5.26. The summed E-state index contributed by atoms with van der Waals surface area (Å²) in [5.74, 6) is 0.487. The van der Waals surface area contributed by atoms with Gasteiger partial charge in [0.15, 0.2) is 0 Å². The summed E-state index contributed by atoms with van der Waals surface area (Å²) in [4.78, 5) is 0. The van der Waals surface area contributed by atoms with Crippen LogP contribution in [-0.2, 0) is 0 Å². The van der Waals surface area contributed by atoms with Gasteiger partial charge in [-0.25, -0.2) is 0 Å². The van der Waals surface area contributed by atoms with Gasteiger partial charge in [0.25, 0.3) is 0 Å². The third-order valence-corrected chi connectivity index (χ3v) is 3.05. The fourth-order valence-corrected chi connectivity index (χ4v) is 2.17. The third kappa shape index (κ3) is 1.81. The van der Waals surface area contributed by atoms with Crippen LogP contribution in [-0.4, -0.2) is 24.3 Å². The van der Waals surface area contributed by atoms with Crippen LogP contribution in [0.25, 0.3) is 0 Å². The van der Waals surface area contributed by atoms with E-state index in [4.69, 9.17) is 0 Å². The molecule has 1 aromatic rings. The molecule has 0 saturated carbocycles. The summed E-state index contributed by atoms with van der Waals surface area (Å²) in [7, 11) is 0. The molecule has 1 aliphatic rings. The van der Waals surface area contributed by atoms with Gasteiger partial charge >= 0.3 is 0 Å². The molecule has 2 nitrogen and oxygen atoms in total. The minimum absolute atomic E-state index is 0.235. The maximum Gasteiger partial charge on any atom is 0.0590 e. The average Bonchev–Trinajstić information content (AvgIpc) is 2.67. The molecule has 0 aromatic heterocycles. The van der Waals surface area contributed by atoms with Gasteiger partial charge in [-0.3, -0.25) is 0 Å². The largest absolute Gasteiger partial charge is 0.395 e. The van der Waals surface area contributed by atoms with Gasteiger partial charge in [-0.15, -0.1) is 0 Å². The molecule has 0 aliphatic carbocycles. The van der Waals surface area contributed by atoms with Crippen LogP contribution in [0.3, 0.4) is 0 Å². The molecular formula is C12H17NO. The van der Waals surface area contributed by atoms with Crippen molar-refractivity contribution in [2.24, 2.45) is 0 Å². The number of aryl methyl sites for hydroxylation is 1. The minimum atomic E-state index is 0.235. The Kier molecular flexibility index (Phi) is 2.85. The summed E-state index contributed by atoms with van der Waals surface area (Å²) in [6.07, 6.45) is 1.13. The van der Waals surface area contributed by atoms with Crippen molar-refractivity contribution in [2.45, 2.75) is 25.3 Å². The standard InChI is InChI=1S/C12H17NO/c1-9-2-4-10(5-3-9)11-6-7-13-12(11)8-14/h2-5,11-14H,6-8H2,1H3/t11-,12+/m1/s1. The normalized spacial score (nSPS) is 26.7. The first-order chi connectivity index (χ1) is 6.81. The van der Waals surface area contributed by atoms with Crippen LogP contribution < -0.4 is 5.32 Å². The number of hydrogen-bond acceptors (Lipinski definition) is 2. The highest BCUT2D eigenvalue weighted by atomic mass is 16.3. The Bertz CT molecular complexity index is 294. The molecule has 0 unspecified atom stereocenters. The Labute approximate surface area is 85.0 Å². The van der Waals surface area contributed by atoms with E-state index in [0.29, 0.717) is 5.92 Å². The van der Waals surface area contributed by atoms with E-state index in [0.717, 1.165) is 13.0 Å². The Balaban J connectivity index is 2.17. The SMILES string of the molecule is Cc1ccc([C@H]2CCN[C@H]2CO)cc1. The monoisotopic (exact) mass is 191 g/mol. The first-order valence-corrected chi connectivity index (χ1v) is 5.22. The minimum Gasteiger partial charge on any atom is -0.395 e. The van der Waals surface area contributed by atoms with Crippen molar-refractivity contribution >= 4 is 0 Å². The summed E-state index contributed by atoms with van der Waals surface area (Å²) in [5.41, 5.74) is 2.64. The molecule has 14 heavy (non-hydrogen) atoms. The third-order valence-electron chi connectivity index (χ3n) is 3.05. The smallest absolute Gasteiger partial charge is 0.0590 e. The fraction of sp³-hybridized carbons (Fsp3) is 0.500. The van der Waals surface area contributed by atoms with E-state index in [2.05, 4.69) is 36.5 Å². The second kappa shape index (κ2) is 4.11. The van der Waals surface area contributed by atoms with E-state index in [1.54, 1.807) is 0 Å². The Morgan fingerprint density at radius 3 is 2.71 bits per heavy atom. The lowest BCUT2D eigenvalue weighted by Crippen LogP contribution is -2.29. The molecule has 0 radical (unpaired) electrons. The van der Waals surface area contributed by atoms with Crippen molar-refractivity contribution in [2.75, 3.05) is 13.2 Å². The molecular weight excluding hydrogens is 174 g/mol. The lowest BCUT2D eigenvalue weighted by Gasteiger charge is -2.17. The second-order valence-electron chi connectivity index (χ2n) is 4.05. The molecule has 2 N–H and O–H groups in total. The number of aliphatic hydroxyl groups excluding tert-OH is 1. The molecule has 1 aromatic carbocycles. The van der Waals surface area contributed by atoms with E-state index in [1.807, 2.05) is 0 Å². The molecule has 76 valence electrons. The van der Waals surface area contributed by atoms with E-state index in [9.17, 15) is 5.11 Å². The van der Waals surface area contributed by atoms with Gasteiger partial charge in [0, 0.05) is 12.0 Å². The van der Waals surface area contributed by atoms with E-state index < -0.39 is 0 Å². The first kappa shape index (κ1) is 9.69. The van der Waals surface area contributed by atoms with Crippen LogP contribution in [0.2, 0.25) is 0 Å². The van der Waals surface area contributed by atoms with Gasteiger partial charge in [0.2, 0.25) is 0 Å². The molecule has 1 saturated heterocycles. The van der Waals surface area contributed by atoms with Gasteiger partial charge in [-0.1, -0.05) is 29.8 Å². The Morgan fingerprint density at radius 1 is 1.36 bits per heavy atom. The van der Waals surface area contributed by atoms with Crippen molar-refractivity contribution in [3.63, 3.8) is 0 Å². The fourth-order valence-electron chi connectivity index (χ4n) is 2.17. The van der Waals surface area contributed by atoms with Crippen LogP contribution in [0, 0.1) is 6.92 Å². The van der Waals surface area contributed by atoms with Gasteiger partial charge in [-0.2, -0.15) is 0 Å². The molecule has 2 rings (SSSR count). The summed E-state index contributed by atoms with van der Waals surface area (Å²) < 4.78 is 0. The van der Waals surface area contributed by atoms with E-state index in [1.165, 1.54) is 11.1 Å². The molecule has 0 bridgehead atoms. The number of aliphatic hydroxyl groups is 1. The molecule has 1 heterocycles. The molecule has 1 aliphatic heterocycles. The van der Waals surface area contributed by atoms with Crippen LogP contribution in [0.5, 0.6) is 0 Å². The van der Waals surface area contributed by atoms with Crippen molar-refractivity contribution in [3.05, 3.63) is 35.4 Å². The first-order valence-electron chi connectivity index (χ1n) is 5.22. The summed E-state index contributed by atoms with van der Waals surface area (Å²) in [5, 5.41) is 12.5. The molecule has 2 heteroatoms. The number of rotatable bonds is 2. The molecule has 0 amide bonds. The molecule has 2 atom stereocenters. The lowest BCUT2D eigenvalue weighted by molar-refractivity contribution is 0.245. The zero-order valence-corrected chi connectivity index (χ0v) is 8.53. The second-order valence-corrected chi connectivity index (χ2v) is 4.05. The molecule has 1 fully saturated rings. The van der Waals surface area contributed by atoms with Crippen molar-refractivity contribution in [1.29, 1.82) is 0 Å². The van der Waals surface area contributed by atoms with Crippen LogP contribution in [0.15, 0.2) is 24.3 Å². The summed E-state index contributed by atoms with van der Waals surface area (Å²) in [6.45, 7) is 3.35. The maximum atomic E-state index is 9.19. The topological polar surface area (TPSA) is 32.3 Å². The summed E-state index contributed by atoms with van der Waals surface area (Å²) >= 11 is 0. The summed E-state index contributed by atoms with van der Waals surface area (Å²) in [6, 6.07) is 8.88. The van der Waals surface area contributed by atoms with Gasteiger partial charge in [-0.05, 0) is 25.5 Å². The zero-order chi connectivity index (χ0) is 9.97. The van der Waals surface area contributed by atoms with Gasteiger partial charge in [0.1, 0.15) is 0 Å². The Morgan fingerprint density at radius 2 is 2.07 bits per heavy atom. The number of benzene rings is 1. The van der Waals surface area contributed by atoms with Crippen LogP contribution in [0.4, 0.5) is 0 Å². The van der Waals surface area contributed by atoms with Crippen molar-refractivity contribution < 1.29 is 5.11 Å².